The number of hydrogen-bond donors (Lipinski definition) is 0. The first-order valence-corrected chi connectivity index (χ1v) is 11.7. The molecule has 1 aromatic carbocycles. The van der Waals surface area contributed by atoms with Gasteiger partial charge >= 0.3 is 0 Å². The number of para-hydroxylation sites is 1. The number of piperazine rings is 1. The van der Waals surface area contributed by atoms with Gasteiger partial charge < -0.3 is 9.64 Å². The summed E-state index contributed by atoms with van der Waals surface area (Å²) in [4.78, 5) is 15.3. The Kier molecular flexibility index (Phi) is 6.74. The highest BCUT2D eigenvalue weighted by Gasteiger charge is 2.30. The lowest BCUT2D eigenvalue weighted by Crippen LogP contribution is -2.50. The predicted molar refractivity (Wildman–Crippen MR) is 110 cm³/mol. The lowest BCUT2D eigenvalue weighted by Gasteiger charge is -2.33. The predicted octanol–water partition coefficient (Wildman–Crippen LogP) is 2.92. The molecule has 0 radical (unpaired) electrons. The Morgan fingerprint density at radius 2 is 1.82 bits per heavy atom. The SMILES string of the molecule is CCOc1ccccc1CCC(=O)N1CCN(S(=O)(=O)c2ccc(C)s2)CC1. The van der Waals surface area contributed by atoms with Crippen LogP contribution in [0.15, 0.2) is 40.6 Å². The van der Waals surface area contributed by atoms with Crippen molar-refractivity contribution in [2.24, 2.45) is 0 Å². The second-order valence-corrected chi connectivity index (χ2v) is 10.1. The Hall–Kier alpha value is -1.90. The zero-order valence-electron chi connectivity index (χ0n) is 16.3. The van der Waals surface area contributed by atoms with Gasteiger partial charge in [-0.05, 0) is 44.0 Å². The number of carbonyl (C=O) groups is 1. The molecule has 1 aromatic heterocycles. The second-order valence-electron chi connectivity index (χ2n) is 6.69. The minimum absolute atomic E-state index is 0.0512. The minimum Gasteiger partial charge on any atom is -0.494 e. The molecule has 0 aliphatic carbocycles. The molecule has 0 spiro atoms. The van der Waals surface area contributed by atoms with E-state index in [1.165, 1.54) is 15.6 Å². The summed E-state index contributed by atoms with van der Waals surface area (Å²) < 4.78 is 32.9. The van der Waals surface area contributed by atoms with Crippen LogP contribution in [-0.4, -0.2) is 56.3 Å². The van der Waals surface area contributed by atoms with Crippen LogP contribution in [0.2, 0.25) is 0 Å². The maximum Gasteiger partial charge on any atom is 0.252 e. The number of nitrogens with zero attached hydrogens (tertiary/aromatic N) is 2. The number of hydrogen-bond acceptors (Lipinski definition) is 5. The third-order valence-electron chi connectivity index (χ3n) is 4.78. The van der Waals surface area contributed by atoms with Crippen molar-refractivity contribution < 1.29 is 17.9 Å². The molecule has 1 fully saturated rings. The molecule has 3 rings (SSSR count). The van der Waals surface area contributed by atoms with Crippen molar-refractivity contribution in [2.75, 3.05) is 32.8 Å². The van der Waals surface area contributed by atoms with Gasteiger partial charge in [0.1, 0.15) is 9.96 Å². The summed E-state index contributed by atoms with van der Waals surface area (Å²) >= 11 is 1.28. The van der Waals surface area contributed by atoms with E-state index in [1.807, 2.05) is 44.2 Å². The van der Waals surface area contributed by atoms with Crippen LogP contribution in [0.3, 0.4) is 0 Å². The molecule has 2 aromatic rings. The fraction of sp³-hybridized carbons (Fsp3) is 0.450. The molecule has 8 heteroatoms. The first-order valence-electron chi connectivity index (χ1n) is 9.47. The van der Waals surface area contributed by atoms with Gasteiger partial charge in [0, 0.05) is 37.5 Å². The lowest BCUT2D eigenvalue weighted by atomic mass is 10.1. The summed E-state index contributed by atoms with van der Waals surface area (Å²) in [6.45, 7) is 5.94. The van der Waals surface area contributed by atoms with Crippen LogP contribution in [0.5, 0.6) is 5.75 Å². The second kappa shape index (κ2) is 9.07. The molecule has 28 heavy (non-hydrogen) atoms. The largest absolute Gasteiger partial charge is 0.494 e. The fourth-order valence-electron chi connectivity index (χ4n) is 3.26. The van der Waals surface area contributed by atoms with Crippen LogP contribution in [0.1, 0.15) is 23.8 Å². The number of thiophene rings is 1. The van der Waals surface area contributed by atoms with Gasteiger partial charge in [-0.1, -0.05) is 18.2 Å². The topological polar surface area (TPSA) is 66.9 Å². The highest BCUT2D eigenvalue weighted by Crippen LogP contribution is 2.25. The lowest BCUT2D eigenvalue weighted by molar-refractivity contribution is -0.132. The summed E-state index contributed by atoms with van der Waals surface area (Å²) in [6.07, 6.45) is 1.00. The monoisotopic (exact) mass is 422 g/mol. The Bertz CT molecular complexity index is 916. The molecule has 0 atom stereocenters. The van der Waals surface area contributed by atoms with E-state index in [2.05, 4.69) is 0 Å². The van der Waals surface area contributed by atoms with Gasteiger partial charge in [-0.2, -0.15) is 4.31 Å². The number of ether oxygens (including phenoxy) is 1. The number of carbonyl (C=O) groups excluding carboxylic acids is 1. The number of aryl methyl sites for hydroxylation is 2. The maximum absolute atomic E-state index is 12.7. The van der Waals surface area contributed by atoms with E-state index in [4.69, 9.17) is 4.74 Å². The van der Waals surface area contributed by atoms with Gasteiger partial charge in [0.15, 0.2) is 0 Å². The number of rotatable bonds is 7. The van der Waals surface area contributed by atoms with Crippen molar-refractivity contribution in [2.45, 2.75) is 30.9 Å². The molecule has 1 aliphatic heterocycles. The Morgan fingerprint density at radius 1 is 1.11 bits per heavy atom. The van der Waals surface area contributed by atoms with E-state index < -0.39 is 10.0 Å². The van der Waals surface area contributed by atoms with Crippen molar-refractivity contribution in [3.05, 3.63) is 46.8 Å². The average Bonchev–Trinajstić information content (AvgIpc) is 3.14. The van der Waals surface area contributed by atoms with E-state index >= 15 is 0 Å². The van der Waals surface area contributed by atoms with E-state index in [0.717, 1.165) is 16.2 Å². The Labute approximate surface area is 170 Å². The van der Waals surface area contributed by atoms with E-state index in [9.17, 15) is 13.2 Å². The molecular formula is C20H26N2O4S2. The summed E-state index contributed by atoms with van der Waals surface area (Å²) in [5.74, 6) is 0.871. The molecule has 6 nitrogen and oxygen atoms in total. The van der Waals surface area contributed by atoms with Gasteiger partial charge in [-0.25, -0.2) is 8.42 Å². The summed E-state index contributed by atoms with van der Waals surface area (Å²) in [7, 11) is -3.46. The molecular weight excluding hydrogens is 396 g/mol. The summed E-state index contributed by atoms with van der Waals surface area (Å²) in [6, 6.07) is 11.2. The number of sulfonamides is 1. The Balaban J connectivity index is 1.54. The zero-order valence-corrected chi connectivity index (χ0v) is 17.9. The normalized spacial score (nSPS) is 15.6. The first-order chi connectivity index (χ1) is 13.4. The molecule has 1 saturated heterocycles. The third kappa shape index (κ3) is 4.74. The van der Waals surface area contributed by atoms with Gasteiger partial charge in [-0.3, -0.25) is 4.79 Å². The van der Waals surface area contributed by atoms with E-state index in [-0.39, 0.29) is 5.91 Å². The third-order valence-corrected chi connectivity index (χ3v) is 8.15. The molecule has 0 saturated carbocycles. The van der Waals surface area contributed by atoms with Gasteiger partial charge in [0.25, 0.3) is 10.0 Å². The van der Waals surface area contributed by atoms with Crippen LogP contribution in [0.4, 0.5) is 0 Å². The number of amides is 1. The standard InChI is InChI=1S/C20H26N2O4S2/c1-3-26-18-7-5-4-6-17(18)9-10-19(23)21-12-14-22(15-13-21)28(24,25)20-11-8-16(2)27-20/h4-8,11H,3,9-10,12-15H2,1-2H3. The van der Waals surface area contributed by atoms with Gasteiger partial charge in [0.2, 0.25) is 5.91 Å². The zero-order chi connectivity index (χ0) is 20.1. The summed E-state index contributed by atoms with van der Waals surface area (Å²) in [5.41, 5.74) is 1.02. The molecule has 0 unspecified atom stereocenters. The number of benzene rings is 1. The minimum atomic E-state index is -3.46. The molecule has 1 amide bonds. The van der Waals surface area contributed by atoms with Crippen molar-refractivity contribution in [3.63, 3.8) is 0 Å². The quantitative estimate of drug-likeness (QED) is 0.688. The first kappa shape index (κ1) is 20.8. The molecule has 0 bridgehead atoms. The molecule has 0 N–H and O–H groups in total. The van der Waals surface area contributed by atoms with Crippen molar-refractivity contribution in [1.82, 2.24) is 9.21 Å². The van der Waals surface area contributed by atoms with Crippen molar-refractivity contribution in [1.29, 1.82) is 0 Å². The molecule has 152 valence electrons. The van der Waals surface area contributed by atoms with E-state index in [1.54, 1.807) is 11.0 Å². The smallest absolute Gasteiger partial charge is 0.252 e. The molecule has 2 heterocycles. The van der Waals surface area contributed by atoms with E-state index in [0.29, 0.717) is 49.8 Å². The fourth-order valence-corrected chi connectivity index (χ4v) is 6.12. The van der Waals surface area contributed by atoms with Crippen molar-refractivity contribution in [3.8, 4) is 5.75 Å². The van der Waals surface area contributed by atoms with Crippen LogP contribution < -0.4 is 4.74 Å². The Morgan fingerprint density at radius 3 is 2.46 bits per heavy atom. The van der Waals surface area contributed by atoms with Gasteiger partial charge in [-0.15, -0.1) is 11.3 Å². The summed E-state index contributed by atoms with van der Waals surface area (Å²) in [5, 5.41) is 0. The average molecular weight is 423 g/mol. The van der Waals surface area contributed by atoms with Crippen LogP contribution >= 0.6 is 11.3 Å². The van der Waals surface area contributed by atoms with Crippen molar-refractivity contribution >= 4 is 27.3 Å². The van der Waals surface area contributed by atoms with Crippen LogP contribution in [0, 0.1) is 6.92 Å². The van der Waals surface area contributed by atoms with Crippen LogP contribution in [0.25, 0.3) is 0 Å². The van der Waals surface area contributed by atoms with Gasteiger partial charge in [0.05, 0.1) is 6.61 Å². The highest BCUT2D eigenvalue weighted by molar-refractivity contribution is 7.91. The highest BCUT2D eigenvalue weighted by atomic mass is 32.2. The van der Waals surface area contributed by atoms with Crippen LogP contribution in [-0.2, 0) is 21.2 Å². The molecule has 1 aliphatic rings. The maximum atomic E-state index is 12.7.